The van der Waals surface area contributed by atoms with E-state index in [-0.39, 0.29) is 11.9 Å². The Labute approximate surface area is 186 Å². The molecule has 154 valence electrons. The van der Waals surface area contributed by atoms with Gasteiger partial charge in [0.1, 0.15) is 0 Å². The number of pyridine rings is 1. The number of aromatic nitrogens is 1. The van der Waals surface area contributed by atoms with Crippen LogP contribution in [0.25, 0.3) is 0 Å². The van der Waals surface area contributed by atoms with Crippen molar-refractivity contribution >= 4 is 28.8 Å². The van der Waals surface area contributed by atoms with Crippen molar-refractivity contribution in [2.24, 2.45) is 5.92 Å². The highest BCUT2D eigenvalue weighted by Crippen LogP contribution is 2.43. The second-order valence-corrected chi connectivity index (χ2v) is 9.39. The molecule has 5 rings (SSSR count). The Morgan fingerprint density at radius 3 is 2.73 bits per heavy atom. The first-order valence-electron chi connectivity index (χ1n) is 10.4. The molecule has 2 aromatic heterocycles. The molecular weight excluding hydrogens is 414 g/mol. The maximum Gasteiger partial charge on any atom is 0.254 e. The molecule has 0 radical (unpaired) electrons. The minimum Gasteiger partial charge on any atom is -0.335 e. The van der Waals surface area contributed by atoms with Crippen LogP contribution in [0.15, 0.2) is 65.6 Å². The van der Waals surface area contributed by atoms with Crippen molar-refractivity contribution in [1.82, 2.24) is 14.8 Å². The number of rotatable bonds is 4. The first-order valence-corrected chi connectivity index (χ1v) is 11.7. The lowest BCUT2D eigenvalue weighted by Crippen LogP contribution is -2.47. The van der Waals surface area contributed by atoms with Crippen molar-refractivity contribution in [3.05, 3.63) is 87.3 Å². The van der Waals surface area contributed by atoms with E-state index in [0.29, 0.717) is 11.8 Å². The summed E-state index contributed by atoms with van der Waals surface area (Å²) in [6.45, 7) is 3.60. The third kappa shape index (κ3) is 3.78. The molecule has 30 heavy (non-hydrogen) atoms. The van der Waals surface area contributed by atoms with Gasteiger partial charge >= 0.3 is 0 Å². The van der Waals surface area contributed by atoms with Crippen LogP contribution in [0.4, 0.5) is 0 Å². The second-order valence-electron chi connectivity index (χ2n) is 8.20. The third-order valence-corrected chi connectivity index (χ3v) is 7.60. The minimum absolute atomic E-state index is 0.129. The topological polar surface area (TPSA) is 36.4 Å². The zero-order valence-electron chi connectivity index (χ0n) is 16.7. The van der Waals surface area contributed by atoms with Crippen LogP contribution in [0.1, 0.15) is 33.8 Å². The molecule has 1 aromatic carbocycles. The number of fused-ring (bicyclic) bond motifs is 1. The average molecular weight is 438 g/mol. The van der Waals surface area contributed by atoms with Gasteiger partial charge in [0.25, 0.3) is 5.91 Å². The Bertz CT molecular complexity index is 1010. The smallest absolute Gasteiger partial charge is 0.254 e. The van der Waals surface area contributed by atoms with Crippen LogP contribution in [0.2, 0.25) is 5.02 Å². The van der Waals surface area contributed by atoms with E-state index >= 15 is 0 Å². The van der Waals surface area contributed by atoms with Gasteiger partial charge in [-0.05, 0) is 52.6 Å². The Morgan fingerprint density at radius 1 is 1.13 bits per heavy atom. The van der Waals surface area contributed by atoms with Crippen LogP contribution < -0.4 is 0 Å². The van der Waals surface area contributed by atoms with Gasteiger partial charge in [-0.3, -0.25) is 14.7 Å². The van der Waals surface area contributed by atoms with Crippen molar-refractivity contribution in [3.8, 4) is 0 Å². The van der Waals surface area contributed by atoms with E-state index < -0.39 is 0 Å². The van der Waals surface area contributed by atoms with Gasteiger partial charge in [0, 0.05) is 67.0 Å². The minimum atomic E-state index is 0.129. The molecular formula is C24H24ClN3OS. The number of nitrogens with zero attached hydrogens (tertiary/aromatic N) is 3. The fourth-order valence-electron chi connectivity index (χ4n) is 5.05. The molecule has 2 aliphatic rings. The summed E-state index contributed by atoms with van der Waals surface area (Å²) >= 11 is 8.15. The maximum atomic E-state index is 13.3. The number of hydrogen-bond acceptors (Lipinski definition) is 4. The van der Waals surface area contributed by atoms with Crippen molar-refractivity contribution in [2.75, 3.05) is 19.6 Å². The van der Waals surface area contributed by atoms with Crippen LogP contribution in [0.3, 0.4) is 0 Å². The SMILES string of the molecule is O=C(c1ccncc1)N1C[C@@H](c2ccsc2)[C@@H]2CN(Cc3ccccc3Cl)CC[C@@H]21. The molecule has 3 atom stereocenters. The number of carbonyl (C=O) groups is 1. The van der Waals surface area contributed by atoms with E-state index in [0.717, 1.165) is 43.2 Å². The van der Waals surface area contributed by atoms with Crippen molar-refractivity contribution < 1.29 is 4.79 Å². The summed E-state index contributed by atoms with van der Waals surface area (Å²) in [6, 6.07) is 14.2. The molecule has 3 aromatic rings. The second kappa shape index (κ2) is 8.50. The summed E-state index contributed by atoms with van der Waals surface area (Å²) in [5.74, 6) is 0.937. The molecule has 2 fully saturated rings. The Kier molecular flexibility index (Phi) is 5.59. The Balaban J connectivity index is 1.39. The number of piperidine rings is 1. The zero-order chi connectivity index (χ0) is 20.5. The molecule has 6 heteroatoms. The van der Waals surface area contributed by atoms with Crippen molar-refractivity contribution in [2.45, 2.75) is 24.9 Å². The summed E-state index contributed by atoms with van der Waals surface area (Å²) in [4.78, 5) is 22.0. The van der Waals surface area contributed by atoms with E-state index in [1.54, 1.807) is 23.7 Å². The van der Waals surface area contributed by atoms with E-state index in [1.165, 1.54) is 11.1 Å². The Hall–Kier alpha value is -2.21. The van der Waals surface area contributed by atoms with Gasteiger partial charge in [-0.15, -0.1) is 0 Å². The summed E-state index contributed by atoms with van der Waals surface area (Å²) < 4.78 is 0. The van der Waals surface area contributed by atoms with E-state index in [2.05, 4.69) is 37.7 Å². The molecule has 1 amide bonds. The highest BCUT2D eigenvalue weighted by Gasteiger charge is 2.47. The lowest BCUT2D eigenvalue weighted by molar-refractivity contribution is 0.0614. The zero-order valence-corrected chi connectivity index (χ0v) is 18.2. The van der Waals surface area contributed by atoms with E-state index in [4.69, 9.17) is 11.6 Å². The fourth-order valence-corrected chi connectivity index (χ4v) is 5.97. The molecule has 0 aliphatic carbocycles. The average Bonchev–Trinajstić information content (AvgIpc) is 3.43. The number of benzene rings is 1. The predicted molar refractivity (Wildman–Crippen MR) is 121 cm³/mol. The van der Waals surface area contributed by atoms with Gasteiger partial charge in [0.2, 0.25) is 0 Å². The lowest BCUT2D eigenvalue weighted by Gasteiger charge is -2.39. The molecule has 0 bridgehead atoms. The van der Waals surface area contributed by atoms with Gasteiger partial charge in [0.05, 0.1) is 0 Å². The maximum absolute atomic E-state index is 13.3. The molecule has 4 heterocycles. The summed E-state index contributed by atoms with van der Waals surface area (Å²) in [5, 5.41) is 5.21. The van der Waals surface area contributed by atoms with Crippen LogP contribution in [-0.2, 0) is 6.54 Å². The number of likely N-dealkylation sites (tertiary alicyclic amines) is 2. The fraction of sp³-hybridized carbons (Fsp3) is 0.333. The van der Waals surface area contributed by atoms with Crippen molar-refractivity contribution in [3.63, 3.8) is 0 Å². The quantitative estimate of drug-likeness (QED) is 0.580. The molecule has 0 unspecified atom stereocenters. The first-order chi connectivity index (χ1) is 14.7. The highest BCUT2D eigenvalue weighted by atomic mass is 35.5. The summed E-state index contributed by atoms with van der Waals surface area (Å²) in [5.41, 5.74) is 3.26. The summed E-state index contributed by atoms with van der Waals surface area (Å²) in [6.07, 6.45) is 4.39. The number of halogens is 1. The van der Waals surface area contributed by atoms with Crippen LogP contribution in [-0.4, -0.2) is 46.4 Å². The van der Waals surface area contributed by atoms with E-state index in [9.17, 15) is 4.79 Å². The van der Waals surface area contributed by atoms with Gasteiger partial charge in [-0.1, -0.05) is 29.8 Å². The first kappa shape index (κ1) is 19.7. The Morgan fingerprint density at radius 2 is 1.97 bits per heavy atom. The molecule has 4 nitrogen and oxygen atoms in total. The van der Waals surface area contributed by atoms with Crippen LogP contribution in [0.5, 0.6) is 0 Å². The van der Waals surface area contributed by atoms with Gasteiger partial charge in [-0.2, -0.15) is 11.3 Å². The summed E-state index contributed by atoms with van der Waals surface area (Å²) in [7, 11) is 0. The predicted octanol–water partition coefficient (Wildman–Crippen LogP) is 4.93. The van der Waals surface area contributed by atoms with Gasteiger partial charge in [0.15, 0.2) is 0 Å². The third-order valence-electron chi connectivity index (χ3n) is 6.53. The van der Waals surface area contributed by atoms with Gasteiger partial charge in [-0.25, -0.2) is 0 Å². The number of hydrogen-bond donors (Lipinski definition) is 0. The molecule has 2 aliphatic heterocycles. The lowest BCUT2D eigenvalue weighted by atomic mass is 9.82. The van der Waals surface area contributed by atoms with Crippen LogP contribution >= 0.6 is 22.9 Å². The monoisotopic (exact) mass is 437 g/mol. The molecule has 0 spiro atoms. The van der Waals surface area contributed by atoms with E-state index in [1.807, 2.05) is 30.3 Å². The number of thiophene rings is 1. The molecule has 2 saturated heterocycles. The normalized spacial score (nSPS) is 24.0. The van der Waals surface area contributed by atoms with Crippen LogP contribution in [0, 0.1) is 5.92 Å². The van der Waals surface area contributed by atoms with Gasteiger partial charge < -0.3 is 4.90 Å². The van der Waals surface area contributed by atoms with Crippen molar-refractivity contribution in [1.29, 1.82) is 0 Å². The molecule has 0 N–H and O–H groups in total. The highest BCUT2D eigenvalue weighted by molar-refractivity contribution is 7.08. The molecule has 0 saturated carbocycles. The number of amides is 1. The number of carbonyl (C=O) groups excluding carboxylic acids is 1. The largest absolute Gasteiger partial charge is 0.335 e. The standard InChI is InChI=1S/C24H24ClN3OS/c25-22-4-2-1-3-18(22)13-27-11-7-23-21(14-27)20(19-8-12-30-16-19)15-28(23)24(29)17-5-9-26-10-6-17/h1-6,8-10,12,16,20-21,23H,7,11,13-15H2/t20-,21-,23-/m0/s1.